The Balaban J connectivity index is 1.53. The lowest BCUT2D eigenvalue weighted by molar-refractivity contribution is -0.132. The van der Waals surface area contributed by atoms with Gasteiger partial charge in [0.1, 0.15) is 11.9 Å². The molecule has 1 atom stereocenters. The van der Waals surface area contributed by atoms with Crippen LogP contribution in [0.3, 0.4) is 0 Å². The molecule has 0 bridgehead atoms. The highest BCUT2D eigenvalue weighted by Crippen LogP contribution is 2.27. The van der Waals surface area contributed by atoms with Gasteiger partial charge in [-0.25, -0.2) is 4.39 Å². The lowest BCUT2D eigenvalue weighted by Crippen LogP contribution is -2.47. The highest BCUT2D eigenvalue weighted by Gasteiger charge is 2.27. The first-order chi connectivity index (χ1) is 11.0. The Morgan fingerprint density at radius 3 is 2.83 bits per heavy atom. The number of carbonyl (C=O) groups excluding carboxylic acids is 2. The molecule has 1 fully saturated rings. The van der Waals surface area contributed by atoms with Gasteiger partial charge in [0.15, 0.2) is 0 Å². The van der Waals surface area contributed by atoms with Crippen molar-refractivity contribution in [3.63, 3.8) is 0 Å². The highest BCUT2D eigenvalue weighted by atomic mass is 32.1. The van der Waals surface area contributed by atoms with Crippen LogP contribution in [-0.4, -0.2) is 17.9 Å². The number of carbonyl (C=O) groups is 2. The summed E-state index contributed by atoms with van der Waals surface area (Å²) >= 11 is 1.52. The molecule has 1 saturated carbocycles. The molecule has 6 heteroatoms. The van der Waals surface area contributed by atoms with Crippen molar-refractivity contribution >= 4 is 33.2 Å². The fraction of sp³-hybridized carbons (Fsp3) is 0.412. The van der Waals surface area contributed by atoms with Crippen molar-refractivity contribution in [3.05, 3.63) is 35.0 Å². The largest absolute Gasteiger partial charge is 0.349 e. The standard InChI is InChI=1S/C17H19FN2O2S/c1-10(20-17(22)11-3-2-4-11)16(21)19-9-14-8-12-7-13(18)5-6-15(12)23-14/h5-8,10-11H,2-4,9H2,1H3,(H,19,21)(H,20,22)/t10-/m1/s1. The molecular weight excluding hydrogens is 315 g/mol. The average molecular weight is 334 g/mol. The van der Waals surface area contributed by atoms with Gasteiger partial charge in [-0.05, 0) is 49.4 Å². The Morgan fingerprint density at radius 1 is 1.35 bits per heavy atom. The van der Waals surface area contributed by atoms with Crippen LogP contribution in [0.4, 0.5) is 4.39 Å². The van der Waals surface area contributed by atoms with E-state index in [-0.39, 0.29) is 23.5 Å². The van der Waals surface area contributed by atoms with E-state index in [1.165, 1.54) is 23.5 Å². The number of benzene rings is 1. The number of hydrogen-bond donors (Lipinski definition) is 2. The lowest BCUT2D eigenvalue weighted by Gasteiger charge is -2.25. The second-order valence-electron chi connectivity index (χ2n) is 5.97. The molecule has 0 aliphatic heterocycles. The van der Waals surface area contributed by atoms with Crippen LogP contribution in [0.25, 0.3) is 10.1 Å². The topological polar surface area (TPSA) is 58.2 Å². The minimum atomic E-state index is -0.546. The molecule has 0 radical (unpaired) electrons. The Kier molecular flexibility index (Phi) is 4.61. The van der Waals surface area contributed by atoms with E-state index in [1.54, 1.807) is 13.0 Å². The zero-order valence-corrected chi connectivity index (χ0v) is 13.7. The summed E-state index contributed by atoms with van der Waals surface area (Å²) in [6.07, 6.45) is 2.92. The number of amides is 2. The van der Waals surface area contributed by atoms with Gasteiger partial charge < -0.3 is 10.6 Å². The predicted molar refractivity (Wildman–Crippen MR) is 88.6 cm³/mol. The SMILES string of the molecule is C[C@@H](NC(=O)C1CCC1)C(=O)NCc1cc2cc(F)ccc2s1. The van der Waals surface area contributed by atoms with Crippen molar-refractivity contribution < 1.29 is 14.0 Å². The van der Waals surface area contributed by atoms with E-state index in [0.717, 1.165) is 34.2 Å². The van der Waals surface area contributed by atoms with Gasteiger partial charge in [0.05, 0.1) is 6.54 Å². The molecular formula is C17H19FN2O2S. The van der Waals surface area contributed by atoms with E-state index < -0.39 is 6.04 Å². The summed E-state index contributed by atoms with van der Waals surface area (Å²) in [6.45, 7) is 2.07. The predicted octanol–water partition coefficient (Wildman–Crippen LogP) is 2.96. The smallest absolute Gasteiger partial charge is 0.242 e. The van der Waals surface area contributed by atoms with Crippen LogP contribution >= 0.6 is 11.3 Å². The van der Waals surface area contributed by atoms with Crippen LogP contribution in [0.15, 0.2) is 24.3 Å². The van der Waals surface area contributed by atoms with Crippen molar-refractivity contribution in [1.82, 2.24) is 10.6 Å². The van der Waals surface area contributed by atoms with Crippen LogP contribution in [0.2, 0.25) is 0 Å². The molecule has 1 heterocycles. The van der Waals surface area contributed by atoms with Crippen LogP contribution in [0.5, 0.6) is 0 Å². The van der Waals surface area contributed by atoms with E-state index in [2.05, 4.69) is 10.6 Å². The quantitative estimate of drug-likeness (QED) is 0.883. The van der Waals surface area contributed by atoms with Gasteiger partial charge in [-0.15, -0.1) is 11.3 Å². The first-order valence-corrected chi connectivity index (χ1v) is 8.60. The maximum Gasteiger partial charge on any atom is 0.242 e. The minimum absolute atomic E-state index is 0.0313. The second kappa shape index (κ2) is 6.66. The Bertz CT molecular complexity index is 739. The molecule has 1 aromatic heterocycles. The number of halogens is 1. The normalized spacial score (nSPS) is 15.9. The maximum atomic E-state index is 13.2. The number of fused-ring (bicyclic) bond motifs is 1. The van der Waals surface area contributed by atoms with E-state index in [4.69, 9.17) is 0 Å². The third-order valence-corrected chi connectivity index (χ3v) is 5.31. The van der Waals surface area contributed by atoms with E-state index in [0.29, 0.717) is 6.54 Å². The van der Waals surface area contributed by atoms with Crippen molar-refractivity contribution in [1.29, 1.82) is 0 Å². The fourth-order valence-corrected chi connectivity index (χ4v) is 3.54. The zero-order chi connectivity index (χ0) is 16.4. The number of rotatable bonds is 5. The molecule has 0 unspecified atom stereocenters. The summed E-state index contributed by atoms with van der Waals surface area (Å²) in [5.74, 6) is -0.432. The first-order valence-electron chi connectivity index (χ1n) is 7.79. The average Bonchev–Trinajstić information content (AvgIpc) is 2.84. The van der Waals surface area contributed by atoms with Crippen molar-refractivity contribution in [2.24, 2.45) is 5.92 Å². The molecule has 23 heavy (non-hydrogen) atoms. The summed E-state index contributed by atoms with van der Waals surface area (Å²) in [4.78, 5) is 24.9. The number of nitrogens with one attached hydrogen (secondary N) is 2. The molecule has 1 aliphatic rings. The Hall–Kier alpha value is -1.95. The van der Waals surface area contributed by atoms with Gasteiger partial charge in [-0.1, -0.05) is 6.42 Å². The van der Waals surface area contributed by atoms with Crippen LogP contribution in [0.1, 0.15) is 31.1 Å². The van der Waals surface area contributed by atoms with Gasteiger partial charge in [0, 0.05) is 15.5 Å². The molecule has 1 aliphatic carbocycles. The first kappa shape index (κ1) is 15.9. The highest BCUT2D eigenvalue weighted by molar-refractivity contribution is 7.19. The Labute approximate surface area is 138 Å². The van der Waals surface area contributed by atoms with Gasteiger partial charge in [-0.2, -0.15) is 0 Å². The summed E-state index contributed by atoms with van der Waals surface area (Å²) < 4.78 is 14.2. The summed E-state index contributed by atoms with van der Waals surface area (Å²) in [6, 6.07) is 5.98. The Morgan fingerprint density at radius 2 is 2.13 bits per heavy atom. The number of hydrogen-bond acceptors (Lipinski definition) is 3. The summed E-state index contributed by atoms with van der Waals surface area (Å²) in [5, 5.41) is 6.41. The third kappa shape index (κ3) is 3.69. The van der Waals surface area contributed by atoms with E-state index in [9.17, 15) is 14.0 Å². The second-order valence-corrected chi connectivity index (χ2v) is 7.14. The summed E-state index contributed by atoms with van der Waals surface area (Å²) in [7, 11) is 0. The van der Waals surface area contributed by atoms with Gasteiger partial charge in [-0.3, -0.25) is 9.59 Å². The molecule has 3 rings (SSSR count). The monoisotopic (exact) mass is 334 g/mol. The molecule has 0 spiro atoms. The maximum absolute atomic E-state index is 13.2. The molecule has 1 aromatic carbocycles. The molecule has 122 valence electrons. The molecule has 0 saturated heterocycles. The fourth-order valence-electron chi connectivity index (χ4n) is 2.55. The molecule has 2 amide bonds. The lowest BCUT2D eigenvalue weighted by atomic mass is 9.84. The van der Waals surface area contributed by atoms with Gasteiger partial charge in [0.25, 0.3) is 0 Å². The van der Waals surface area contributed by atoms with Crippen LogP contribution < -0.4 is 10.6 Å². The van der Waals surface area contributed by atoms with Gasteiger partial charge >= 0.3 is 0 Å². The number of thiophene rings is 1. The molecule has 2 N–H and O–H groups in total. The summed E-state index contributed by atoms with van der Waals surface area (Å²) in [5.41, 5.74) is 0. The third-order valence-electron chi connectivity index (χ3n) is 4.19. The molecule has 4 nitrogen and oxygen atoms in total. The van der Waals surface area contributed by atoms with E-state index in [1.807, 2.05) is 6.07 Å². The van der Waals surface area contributed by atoms with Gasteiger partial charge in [0.2, 0.25) is 11.8 Å². The van der Waals surface area contributed by atoms with Crippen molar-refractivity contribution in [2.45, 2.75) is 38.8 Å². The zero-order valence-electron chi connectivity index (χ0n) is 12.9. The van der Waals surface area contributed by atoms with Crippen LogP contribution in [-0.2, 0) is 16.1 Å². The minimum Gasteiger partial charge on any atom is -0.349 e. The molecule has 2 aromatic rings. The van der Waals surface area contributed by atoms with Crippen molar-refractivity contribution in [3.8, 4) is 0 Å². The van der Waals surface area contributed by atoms with E-state index >= 15 is 0 Å². The van der Waals surface area contributed by atoms with Crippen molar-refractivity contribution in [2.75, 3.05) is 0 Å². The van der Waals surface area contributed by atoms with Crippen LogP contribution in [0, 0.1) is 11.7 Å².